The van der Waals surface area contributed by atoms with E-state index in [-0.39, 0.29) is 17.9 Å². The lowest BCUT2D eigenvalue weighted by molar-refractivity contribution is -0.136. The summed E-state index contributed by atoms with van der Waals surface area (Å²) in [4.78, 5) is 28.0. The van der Waals surface area contributed by atoms with Crippen LogP contribution in [0.15, 0.2) is 24.3 Å². The lowest BCUT2D eigenvalue weighted by Gasteiger charge is -2.33. The number of rotatable bonds is 4. The molecule has 1 aromatic carbocycles. The molecule has 0 N–H and O–H groups in total. The molecule has 23 heavy (non-hydrogen) atoms. The average Bonchev–Trinajstić information content (AvgIpc) is 2.56. The fourth-order valence-corrected chi connectivity index (χ4v) is 2.99. The fourth-order valence-electron chi connectivity index (χ4n) is 2.99. The highest BCUT2D eigenvalue weighted by Crippen LogP contribution is 2.20. The van der Waals surface area contributed by atoms with Crippen molar-refractivity contribution < 1.29 is 14.3 Å². The highest BCUT2D eigenvalue weighted by molar-refractivity contribution is 5.80. The van der Waals surface area contributed by atoms with Crippen LogP contribution in [0.5, 0.6) is 0 Å². The van der Waals surface area contributed by atoms with Crippen LogP contribution in [0.25, 0.3) is 0 Å². The molecule has 0 spiro atoms. The van der Waals surface area contributed by atoms with E-state index in [9.17, 15) is 9.59 Å². The van der Waals surface area contributed by atoms with Crippen LogP contribution in [0.3, 0.4) is 0 Å². The largest absolute Gasteiger partial charge is 0.450 e. The molecule has 0 radical (unpaired) electrons. The molecule has 0 aliphatic carbocycles. The summed E-state index contributed by atoms with van der Waals surface area (Å²) in [6.07, 6.45) is 1.35. The molecule has 1 fully saturated rings. The summed E-state index contributed by atoms with van der Waals surface area (Å²) < 4.78 is 5.04. The first kappa shape index (κ1) is 17.3. The van der Waals surface area contributed by atoms with E-state index in [0.29, 0.717) is 26.2 Å². The molecule has 5 heteroatoms. The van der Waals surface area contributed by atoms with Gasteiger partial charge in [0.2, 0.25) is 5.91 Å². The van der Waals surface area contributed by atoms with Crippen LogP contribution >= 0.6 is 0 Å². The number of piperidine rings is 1. The monoisotopic (exact) mass is 318 g/mol. The number of carbonyl (C=O) groups excluding carboxylic acids is 2. The molecule has 1 aliphatic heterocycles. The number of hydrogen-bond acceptors (Lipinski definition) is 3. The highest BCUT2D eigenvalue weighted by Gasteiger charge is 2.30. The molecule has 1 atom stereocenters. The van der Waals surface area contributed by atoms with Crippen molar-refractivity contribution in [1.82, 2.24) is 9.80 Å². The Kier molecular flexibility index (Phi) is 6.02. The number of hydrogen-bond donors (Lipinski definition) is 0. The molecule has 2 amide bonds. The van der Waals surface area contributed by atoms with E-state index in [2.05, 4.69) is 13.0 Å². The third kappa shape index (κ3) is 4.47. The van der Waals surface area contributed by atoms with Gasteiger partial charge in [0.1, 0.15) is 0 Å². The van der Waals surface area contributed by atoms with Gasteiger partial charge in [-0.25, -0.2) is 4.79 Å². The molecular weight excluding hydrogens is 292 g/mol. The molecular formula is C18H26N2O3. The maximum absolute atomic E-state index is 12.7. The SMILES string of the molecule is CCOC(=O)N1CCCC(C(=O)N(C)Cc2ccccc2C)C1. The Morgan fingerprint density at radius 2 is 2.09 bits per heavy atom. The van der Waals surface area contributed by atoms with Crippen LogP contribution in [0.4, 0.5) is 4.79 Å². The summed E-state index contributed by atoms with van der Waals surface area (Å²) in [5, 5.41) is 0. The molecule has 0 bridgehead atoms. The smallest absolute Gasteiger partial charge is 0.409 e. The predicted octanol–water partition coefficient (Wildman–Crippen LogP) is 2.82. The van der Waals surface area contributed by atoms with Gasteiger partial charge in [0.05, 0.1) is 12.5 Å². The maximum atomic E-state index is 12.7. The van der Waals surface area contributed by atoms with Crippen molar-refractivity contribution in [2.45, 2.75) is 33.2 Å². The van der Waals surface area contributed by atoms with Crippen molar-refractivity contribution in [3.05, 3.63) is 35.4 Å². The van der Waals surface area contributed by atoms with Crippen molar-refractivity contribution in [3.8, 4) is 0 Å². The molecule has 1 saturated heterocycles. The lowest BCUT2D eigenvalue weighted by atomic mass is 9.96. The van der Waals surface area contributed by atoms with Gasteiger partial charge in [0, 0.05) is 26.7 Å². The second-order valence-corrected chi connectivity index (χ2v) is 6.10. The van der Waals surface area contributed by atoms with Gasteiger partial charge >= 0.3 is 6.09 Å². The zero-order valence-corrected chi connectivity index (χ0v) is 14.2. The number of aryl methyl sites for hydroxylation is 1. The van der Waals surface area contributed by atoms with Crippen LogP contribution in [0.1, 0.15) is 30.9 Å². The second-order valence-electron chi connectivity index (χ2n) is 6.10. The van der Waals surface area contributed by atoms with Gasteiger partial charge in [-0.2, -0.15) is 0 Å². The summed E-state index contributed by atoms with van der Waals surface area (Å²) in [6.45, 7) is 5.93. The maximum Gasteiger partial charge on any atom is 0.409 e. The molecule has 1 aliphatic rings. The summed E-state index contributed by atoms with van der Waals surface area (Å²) in [5.74, 6) is -0.0376. The van der Waals surface area contributed by atoms with Gasteiger partial charge in [-0.3, -0.25) is 4.79 Å². The van der Waals surface area contributed by atoms with Gasteiger partial charge in [-0.15, -0.1) is 0 Å². The van der Waals surface area contributed by atoms with Crippen molar-refractivity contribution in [2.75, 3.05) is 26.7 Å². The number of ether oxygens (including phenoxy) is 1. The van der Waals surface area contributed by atoms with E-state index >= 15 is 0 Å². The van der Waals surface area contributed by atoms with E-state index in [0.717, 1.165) is 18.4 Å². The Bertz CT molecular complexity index is 559. The molecule has 1 heterocycles. The zero-order valence-electron chi connectivity index (χ0n) is 14.2. The Labute approximate surface area is 138 Å². The first-order chi connectivity index (χ1) is 11.0. The molecule has 2 rings (SSSR count). The van der Waals surface area contributed by atoms with E-state index in [4.69, 9.17) is 4.74 Å². The third-order valence-electron chi connectivity index (χ3n) is 4.34. The highest BCUT2D eigenvalue weighted by atomic mass is 16.6. The van der Waals surface area contributed by atoms with Crippen LogP contribution in [-0.2, 0) is 16.1 Å². The standard InChI is InChI=1S/C18H26N2O3/c1-4-23-18(22)20-11-7-10-16(13-20)17(21)19(3)12-15-9-6-5-8-14(15)2/h5-6,8-9,16H,4,7,10-13H2,1-3H3. The molecule has 126 valence electrons. The summed E-state index contributed by atoms with van der Waals surface area (Å²) in [5.41, 5.74) is 2.34. The Balaban J connectivity index is 1.96. The number of benzene rings is 1. The third-order valence-corrected chi connectivity index (χ3v) is 4.34. The quantitative estimate of drug-likeness (QED) is 0.858. The van der Waals surface area contributed by atoms with Gasteiger partial charge in [0.15, 0.2) is 0 Å². The Morgan fingerprint density at radius 1 is 1.35 bits per heavy atom. The molecule has 0 saturated carbocycles. The Hall–Kier alpha value is -2.04. The molecule has 5 nitrogen and oxygen atoms in total. The fraction of sp³-hybridized carbons (Fsp3) is 0.556. The van der Waals surface area contributed by atoms with Gasteiger partial charge in [0.25, 0.3) is 0 Å². The van der Waals surface area contributed by atoms with Crippen molar-refractivity contribution in [3.63, 3.8) is 0 Å². The van der Waals surface area contributed by atoms with E-state index in [1.54, 1.807) is 16.7 Å². The summed E-state index contributed by atoms with van der Waals surface area (Å²) >= 11 is 0. The van der Waals surface area contributed by atoms with Gasteiger partial charge in [-0.05, 0) is 37.8 Å². The molecule has 1 aromatic rings. The summed E-state index contributed by atoms with van der Waals surface area (Å²) in [6, 6.07) is 8.09. The lowest BCUT2D eigenvalue weighted by Crippen LogP contribution is -2.46. The number of likely N-dealkylation sites (tertiary alicyclic amines) is 1. The van der Waals surface area contributed by atoms with Gasteiger partial charge in [-0.1, -0.05) is 24.3 Å². The van der Waals surface area contributed by atoms with Crippen LogP contribution in [-0.4, -0.2) is 48.5 Å². The van der Waals surface area contributed by atoms with Crippen LogP contribution in [0.2, 0.25) is 0 Å². The summed E-state index contributed by atoms with van der Waals surface area (Å²) in [7, 11) is 1.83. The number of nitrogens with zero attached hydrogens (tertiary/aromatic N) is 2. The predicted molar refractivity (Wildman–Crippen MR) is 89.0 cm³/mol. The minimum Gasteiger partial charge on any atom is -0.450 e. The number of carbonyl (C=O) groups is 2. The second kappa shape index (κ2) is 7.99. The average molecular weight is 318 g/mol. The number of amides is 2. The molecule has 0 aromatic heterocycles. The van der Waals surface area contributed by atoms with Crippen LogP contribution in [0, 0.1) is 12.8 Å². The normalized spacial score (nSPS) is 17.7. The van der Waals surface area contributed by atoms with Crippen molar-refractivity contribution in [2.24, 2.45) is 5.92 Å². The zero-order chi connectivity index (χ0) is 16.8. The first-order valence-electron chi connectivity index (χ1n) is 8.24. The first-order valence-corrected chi connectivity index (χ1v) is 8.24. The van der Waals surface area contributed by atoms with Crippen LogP contribution < -0.4 is 0 Å². The topological polar surface area (TPSA) is 49.9 Å². The van der Waals surface area contributed by atoms with Crippen molar-refractivity contribution >= 4 is 12.0 Å². The van der Waals surface area contributed by atoms with Crippen molar-refractivity contribution in [1.29, 1.82) is 0 Å². The van der Waals surface area contributed by atoms with E-state index in [1.165, 1.54) is 5.56 Å². The van der Waals surface area contributed by atoms with E-state index in [1.807, 2.05) is 25.2 Å². The van der Waals surface area contributed by atoms with Gasteiger partial charge < -0.3 is 14.5 Å². The minimum atomic E-state index is -0.313. The minimum absolute atomic E-state index is 0.0993. The molecule has 1 unspecified atom stereocenters. The Morgan fingerprint density at radius 3 is 2.78 bits per heavy atom. The van der Waals surface area contributed by atoms with E-state index < -0.39 is 0 Å².